The number of amides is 1. The van der Waals surface area contributed by atoms with Gasteiger partial charge in [-0.2, -0.15) is 0 Å². The van der Waals surface area contributed by atoms with Gasteiger partial charge in [0.15, 0.2) is 5.76 Å². The van der Waals surface area contributed by atoms with Crippen LogP contribution >= 0.6 is 0 Å². The number of carbonyl (C=O) groups is 1. The molecular weight excluding hydrogens is 327 g/mol. The van der Waals surface area contributed by atoms with Crippen molar-refractivity contribution in [3.8, 4) is 11.3 Å². The molecule has 0 saturated carbocycles. The van der Waals surface area contributed by atoms with E-state index in [2.05, 4.69) is 5.32 Å². The first-order valence-corrected chi connectivity index (χ1v) is 7.37. The lowest BCUT2D eigenvalue weighted by Gasteiger charge is -2.04. The lowest BCUT2D eigenvalue weighted by Crippen LogP contribution is -2.11. The van der Waals surface area contributed by atoms with Crippen LogP contribution in [0.25, 0.3) is 11.3 Å². The minimum Gasteiger partial charge on any atom is -0.451 e. The molecule has 0 radical (unpaired) electrons. The number of nitrogens with zero attached hydrogens (tertiary/aromatic N) is 1. The first-order chi connectivity index (χ1) is 12.0. The highest BCUT2D eigenvalue weighted by atomic mass is 19.1. The molecule has 0 atom stereocenters. The maximum Gasteiger partial charge on any atom is 0.291 e. The monoisotopic (exact) mass is 340 g/mol. The summed E-state index contributed by atoms with van der Waals surface area (Å²) < 4.78 is 19.2. The summed E-state index contributed by atoms with van der Waals surface area (Å²) >= 11 is 0. The number of halogens is 1. The molecule has 1 N–H and O–H groups in total. The van der Waals surface area contributed by atoms with Crippen molar-refractivity contribution in [1.82, 2.24) is 0 Å². The van der Waals surface area contributed by atoms with Crippen molar-refractivity contribution in [3.63, 3.8) is 0 Å². The van der Waals surface area contributed by atoms with E-state index in [0.29, 0.717) is 5.56 Å². The number of nitrogens with one attached hydrogen (secondary N) is 1. The van der Waals surface area contributed by atoms with Gasteiger partial charge in [0.05, 0.1) is 10.5 Å². The van der Waals surface area contributed by atoms with Crippen LogP contribution in [0.2, 0.25) is 0 Å². The highest BCUT2D eigenvalue weighted by Gasteiger charge is 2.16. The van der Waals surface area contributed by atoms with Crippen LogP contribution in [0.5, 0.6) is 0 Å². The fraction of sp³-hybridized carbons (Fsp3) is 0.0556. The summed E-state index contributed by atoms with van der Waals surface area (Å²) in [6, 6.07) is 13.3. The Morgan fingerprint density at radius 1 is 1.16 bits per heavy atom. The average molecular weight is 340 g/mol. The number of hydrogen-bond acceptors (Lipinski definition) is 4. The van der Waals surface area contributed by atoms with Gasteiger partial charge in [-0.05, 0) is 37.3 Å². The van der Waals surface area contributed by atoms with Crippen LogP contribution in [-0.2, 0) is 0 Å². The number of benzene rings is 2. The zero-order valence-electron chi connectivity index (χ0n) is 13.2. The SMILES string of the molecule is Cc1ccc(NC(=O)c2ccc(-c3ccccc3F)o2)cc1[N+](=O)[O-]. The van der Waals surface area contributed by atoms with Crippen LogP contribution in [0.1, 0.15) is 16.1 Å². The Kier molecular flexibility index (Phi) is 4.30. The Hall–Kier alpha value is -3.48. The van der Waals surface area contributed by atoms with Crippen molar-refractivity contribution in [2.75, 3.05) is 5.32 Å². The maximum atomic E-state index is 13.8. The Morgan fingerprint density at radius 3 is 2.64 bits per heavy atom. The van der Waals surface area contributed by atoms with Crippen molar-refractivity contribution >= 4 is 17.3 Å². The van der Waals surface area contributed by atoms with Gasteiger partial charge in [-0.25, -0.2) is 4.39 Å². The molecular formula is C18H13FN2O4. The molecule has 2 aromatic carbocycles. The summed E-state index contributed by atoms with van der Waals surface area (Å²) in [5.41, 5.74) is 0.908. The Bertz CT molecular complexity index is 965. The van der Waals surface area contributed by atoms with Gasteiger partial charge in [-0.3, -0.25) is 14.9 Å². The molecule has 126 valence electrons. The molecule has 3 aromatic rings. The lowest BCUT2D eigenvalue weighted by molar-refractivity contribution is -0.385. The molecule has 0 fully saturated rings. The van der Waals surface area contributed by atoms with Crippen LogP contribution in [0.4, 0.5) is 15.8 Å². The van der Waals surface area contributed by atoms with Gasteiger partial charge in [0.2, 0.25) is 0 Å². The second-order valence-electron chi connectivity index (χ2n) is 5.36. The topological polar surface area (TPSA) is 85.4 Å². The van der Waals surface area contributed by atoms with E-state index in [9.17, 15) is 19.3 Å². The first-order valence-electron chi connectivity index (χ1n) is 7.37. The maximum absolute atomic E-state index is 13.8. The van der Waals surface area contributed by atoms with Gasteiger partial charge in [0, 0.05) is 17.3 Å². The van der Waals surface area contributed by atoms with Gasteiger partial charge < -0.3 is 9.73 Å². The summed E-state index contributed by atoms with van der Waals surface area (Å²) in [7, 11) is 0. The summed E-state index contributed by atoms with van der Waals surface area (Å²) in [6.45, 7) is 1.61. The third kappa shape index (κ3) is 3.40. The number of hydrogen-bond donors (Lipinski definition) is 1. The fourth-order valence-corrected chi connectivity index (χ4v) is 2.34. The van der Waals surface area contributed by atoms with E-state index in [-0.39, 0.29) is 28.5 Å². The van der Waals surface area contributed by atoms with Crippen LogP contribution in [-0.4, -0.2) is 10.8 Å². The molecule has 3 rings (SSSR count). The number of nitro benzene ring substituents is 1. The molecule has 1 amide bonds. The molecule has 0 unspecified atom stereocenters. The normalized spacial score (nSPS) is 10.5. The fourth-order valence-electron chi connectivity index (χ4n) is 2.34. The first kappa shape index (κ1) is 16.4. The minimum atomic E-state index is -0.583. The lowest BCUT2D eigenvalue weighted by atomic mass is 10.1. The number of aryl methyl sites for hydroxylation is 1. The molecule has 25 heavy (non-hydrogen) atoms. The molecule has 1 aromatic heterocycles. The quantitative estimate of drug-likeness (QED) is 0.557. The molecule has 7 heteroatoms. The second kappa shape index (κ2) is 6.56. The summed E-state index contributed by atoms with van der Waals surface area (Å²) in [4.78, 5) is 22.7. The van der Waals surface area contributed by atoms with Gasteiger partial charge >= 0.3 is 0 Å². The van der Waals surface area contributed by atoms with Crippen molar-refractivity contribution in [3.05, 3.63) is 81.9 Å². The van der Waals surface area contributed by atoms with Crippen LogP contribution in [0, 0.1) is 22.9 Å². The smallest absolute Gasteiger partial charge is 0.291 e. The Balaban J connectivity index is 1.82. The van der Waals surface area contributed by atoms with Gasteiger partial charge in [-0.15, -0.1) is 0 Å². The van der Waals surface area contributed by atoms with Crippen molar-refractivity contribution in [1.29, 1.82) is 0 Å². The van der Waals surface area contributed by atoms with Crippen molar-refractivity contribution in [2.45, 2.75) is 6.92 Å². The molecule has 0 saturated heterocycles. The summed E-state index contributed by atoms with van der Waals surface area (Å²) in [6.07, 6.45) is 0. The number of carbonyl (C=O) groups excluding carboxylic acids is 1. The largest absolute Gasteiger partial charge is 0.451 e. The van der Waals surface area contributed by atoms with E-state index < -0.39 is 16.6 Å². The highest BCUT2D eigenvalue weighted by Crippen LogP contribution is 2.26. The molecule has 0 aliphatic heterocycles. The van der Waals surface area contributed by atoms with Crippen LogP contribution in [0.3, 0.4) is 0 Å². The molecule has 6 nitrogen and oxygen atoms in total. The van der Waals surface area contributed by atoms with E-state index in [1.807, 2.05) is 0 Å². The number of furan rings is 1. The number of anilines is 1. The number of rotatable bonds is 4. The molecule has 0 spiro atoms. The van der Waals surface area contributed by atoms with E-state index in [4.69, 9.17) is 4.42 Å². The Morgan fingerprint density at radius 2 is 1.92 bits per heavy atom. The second-order valence-corrected chi connectivity index (χ2v) is 5.36. The standard InChI is InChI=1S/C18H13FN2O4/c1-11-6-7-12(10-15(11)21(23)24)20-18(22)17-9-8-16(25-17)13-4-2-3-5-14(13)19/h2-10H,1H3,(H,20,22). The van der Waals surface area contributed by atoms with E-state index in [0.717, 1.165) is 0 Å². The third-order valence-corrected chi connectivity index (χ3v) is 3.63. The van der Waals surface area contributed by atoms with E-state index in [1.54, 1.807) is 37.3 Å². The minimum absolute atomic E-state index is 0.0264. The third-order valence-electron chi connectivity index (χ3n) is 3.63. The molecule has 0 bridgehead atoms. The predicted octanol–water partition coefficient (Wildman–Crippen LogP) is 4.55. The van der Waals surface area contributed by atoms with Gasteiger partial charge in [0.25, 0.3) is 11.6 Å². The zero-order chi connectivity index (χ0) is 18.0. The Labute approximate surface area is 142 Å². The summed E-state index contributed by atoms with van der Waals surface area (Å²) in [5, 5.41) is 13.5. The zero-order valence-corrected chi connectivity index (χ0v) is 13.2. The molecule has 1 heterocycles. The average Bonchev–Trinajstić information content (AvgIpc) is 3.06. The molecule has 0 aliphatic rings. The van der Waals surface area contributed by atoms with Gasteiger partial charge in [0.1, 0.15) is 11.6 Å². The predicted molar refractivity (Wildman–Crippen MR) is 89.9 cm³/mol. The summed E-state index contributed by atoms with van der Waals surface area (Å²) in [5.74, 6) is -0.849. The van der Waals surface area contributed by atoms with Crippen molar-refractivity contribution in [2.24, 2.45) is 0 Å². The van der Waals surface area contributed by atoms with Gasteiger partial charge in [-0.1, -0.05) is 18.2 Å². The highest BCUT2D eigenvalue weighted by molar-refractivity contribution is 6.02. The molecule has 0 aliphatic carbocycles. The van der Waals surface area contributed by atoms with Crippen molar-refractivity contribution < 1.29 is 18.5 Å². The van der Waals surface area contributed by atoms with Crippen LogP contribution in [0.15, 0.2) is 59.0 Å². The van der Waals surface area contributed by atoms with Crippen LogP contribution < -0.4 is 5.32 Å². The van der Waals surface area contributed by atoms with E-state index in [1.165, 1.54) is 24.3 Å². The number of nitro groups is 1. The van der Waals surface area contributed by atoms with E-state index >= 15 is 0 Å².